The van der Waals surface area contributed by atoms with Gasteiger partial charge in [0.2, 0.25) is 0 Å². The predicted octanol–water partition coefficient (Wildman–Crippen LogP) is 5.10. The highest BCUT2D eigenvalue weighted by atomic mass is 79.9. The van der Waals surface area contributed by atoms with Crippen molar-refractivity contribution in [1.82, 2.24) is 5.32 Å². The second-order valence-electron chi connectivity index (χ2n) is 4.92. The number of rotatable bonds is 5. The van der Waals surface area contributed by atoms with E-state index >= 15 is 0 Å². The highest BCUT2D eigenvalue weighted by Crippen LogP contribution is 2.21. The van der Waals surface area contributed by atoms with Crippen molar-refractivity contribution < 1.29 is 8.78 Å². The van der Waals surface area contributed by atoms with E-state index in [2.05, 4.69) is 21.2 Å². The van der Waals surface area contributed by atoms with Crippen molar-refractivity contribution in [2.75, 3.05) is 0 Å². The summed E-state index contributed by atoms with van der Waals surface area (Å²) in [5.41, 5.74) is 1.05. The summed E-state index contributed by atoms with van der Waals surface area (Å²) in [7, 11) is 0. The van der Waals surface area contributed by atoms with Crippen LogP contribution in [0.15, 0.2) is 40.9 Å². The molecule has 0 amide bonds. The fourth-order valence-electron chi connectivity index (χ4n) is 2.07. The molecule has 0 aromatic heterocycles. The molecule has 0 heterocycles. The van der Waals surface area contributed by atoms with E-state index < -0.39 is 11.6 Å². The molecule has 112 valence electrons. The van der Waals surface area contributed by atoms with E-state index in [1.165, 1.54) is 18.2 Å². The highest BCUT2D eigenvalue weighted by molar-refractivity contribution is 9.10. The summed E-state index contributed by atoms with van der Waals surface area (Å²) in [6.45, 7) is 2.42. The Morgan fingerprint density at radius 3 is 2.52 bits per heavy atom. The monoisotopic (exact) mass is 373 g/mol. The molecule has 0 fully saturated rings. The summed E-state index contributed by atoms with van der Waals surface area (Å²) < 4.78 is 28.1. The number of hydrogen-bond donors (Lipinski definition) is 1. The number of benzene rings is 2. The van der Waals surface area contributed by atoms with Gasteiger partial charge in [0.1, 0.15) is 11.6 Å². The molecule has 5 heteroatoms. The second kappa shape index (κ2) is 7.34. The van der Waals surface area contributed by atoms with E-state index in [4.69, 9.17) is 11.6 Å². The molecule has 2 rings (SSSR count). The van der Waals surface area contributed by atoms with Crippen molar-refractivity contribution in [3.05, 3.63) is 68.7 Å². The maximum absolute atomic E-state index is 13.6. The molecule has 0 bridgehead atoms. The SMILES string of the molecule is CC(Cc1c(F)cccc1F)NCc1cc(Br)ccc1Cl. The lowest BCUT2D eigenvalue weighted by Crippen LogP contribution is -2.28. The van der Waals surface area contributed by atoms with Gasteiger partial charge in [0, 0.05) is 27.6 Å². The van der Waals surface area contributed by atoms with Crippen LogP contribution >= 0.6 is 27.5 Å². The molecular formula is C16H15BrClF2N. The van der Waals surface area contributed by atoms with Crippen LogP contribution in [0.25, 0.3) is 0 Å². The van der Waals surface area contributed by atoms with Crippen LogP contribution < -0.4 is 5.32 Å². The Balaban J connectivity index is 1.99. The lowest BCUT2D eigenvalue weighted by Gasteiger charge is -2.15. The average molecular weight is 375 g/mol. The molecule has 1 N–H and O–H groups in total. The molecular weight excluding hydrogens is 360 g/mol. The Morgan fingerprint density at radius 2 is 1.86 bits per heavy atom. The van der Waals surface area contributed by atoms with Crippen LogP contribution in [0.1, 0.15) is 18.1 Å². The summed E-state index contributed by atoms with van der Waals surface area (Å²) >= 11 is 9.50. The third-order valence-electron chi connectivity index (χ3n) is 3.22. The average Bonchev–Trinajstić information content (AvgIpc) is 2.44. The van der Waals surface area contributed by atoms with Gasteiger partial charge < -0.3 is 5.32 Å². The molecule has 2 aromatic carbocycles. The quantitative estimate of drug-likeness (QED) is 0.767. The largest absolute Gasteiger partial charge is 0.310 e. The zero-order valence-electron chi connectivity index (χ0n) is 11.5. The van der Waals surface area contributed by atoms with Crippen LogP contribution in [0.5, 0.6) is 0 Å². The topological polar surface area (TPSA) is 12.0 Å². The van der Waals surface area contributed by atoms with Gasteiger partial charge in [-0.3, -0.25) is 0 Å². The first-order chi connectivity index (χ1) is 9.97. The van der Waals surface area contributed by atoms with Crippen molar-refractivity contribution >= 4 is 27.5 Å². The summed E-state index contributed by atoms with van der Waals surface area (Å²) in [6.07, 6.45) is 0.282. The second-order valence-corrected chi connectivity index (χ2v) is 6.24. The maximum Gasteiger partial charge on any atom is 0.129 e. The molecule has 0 aliphatic heterocycles. The third-order valence-corrected chi connectivity index (χ3v) is 4.08. The first kappa shape index (κ1) is 16.4. The first-order valence-corrected chi connectivity index (χ1v) is 7.74. The number of nitrogens with one attached hydrogen (secondary N) is 1. The first-order valence-electron chi connectivity index (χ1n) is 6.57. The maximum atomic E-state index is 13.6. The summed E-state index contributed by atoms with van der Waals surface area (Å²) in [4.78, 5) is 0. The normalized spacial score (nSPS) is 12.4. The molecule has 1 nitrogen and oxygen atoms in total. The zero-order valence-corrected chi connectivity index (χ0v) is 13.8. The van der Waals surface area contributed by atoms with Gasteiger partial charge in [-0.15, -0.1) is 0 Å². The molecule has 0 radical (unpaired) electrons. The molecule has 2 aromatic rings. The highest BCUT2D eigenvalue weighted by Gasteiger charge is 2.12. The Hall–Kier alpha value is -0.970. The van der Waals surface area contributed by atoms with E-state index in [1.54, 1.807) is 0 Å². The van der Waals surface area contributed by atoms with E-state index in [0.29, 0.717) is 11.6 Å². The predicted molar refractivity (Wildman–Crippen MR) is 85.5 cm³/mol. The molecule has 0 saturated carbocycles. The van der Waals surface area contributed by atoms with Gasteiger partial charge in [-0.2, -0.15) is 0 Å². The van der Waals surface area contributed by atoms with Gasteiger partial charge in [-0.1, -0.05) is 33.6 Å². The number of halogens is 4. The molecule has 0 spiro atoms. The molecule has 0 aliphatic carbocycles. The summed E-state index contributed by atoms with van der Waals surface area (Å²) in [5.74, 6) is -1.02. The summed E-state index contributed by atoms with van der Waals surface area (Å²) in [6, 6.07) is 9.44. The van der Waals surface area contributed by atoms with E-state index in [-0.39, 0.29) is 18.0 Å². The van der Waals surface area contributed by atoms with Crippen molar-refractivity contribution in [2.45, 2.75) is 25.9 Å². The fraction of sp³-hybridized carbons (Fsp3) is 0.250. The standard InChI is InChI=1S/C16H15BrClF2N/c1-10(7-13-15(19)3-2-4-16(13)20)21-9-11-8-12(17)5-6-14(11)18/h2-6,8,10,21H,7,9H2,1H3. The van der Waals surface area contributed by atoms with Gasteiger partial charge in [0.25, 0.3) is 0 Å². The Kier molecular flexibility index (Phi) is 5.73. The fourth-order valence-corrected chi connectivity index (χ4v) is 2.66. The van der Waals surface area contributed by atoms with Crippen LogP contribution in [0.3, 0.4) is 0 Å². The molecule has 0 aliphatic rings. The van der Waals surface area contributed by atoms with Crippen molar-refractivity contribution in [1.29, 1.82) is 0 Å². The minimum Gasteiger partial charge on any atom is -0.310 e. The van der Waals surface area contributed by atoms with E-state index in [9.17, 15) is 8.78 Å². The van der Waals surface area contributed by atoms with Crippen LogP contribution in [0.4, 0.5) is 8.78 Å². The minimum absolute atomic E-state index is 0.0774. The molecule has 21 heavy (non-hydrogen) atoms. The Morgan fingerprint density at radius 1 is 1.19 bits per heavy atom. The van der Waals surface area contributed by atoms with Crippen molar-refractivity contribution in [3.63, 3.8) is 0 Å². The van der Waals surface area contributed by atoms with Gasteiger partial charge in [0.05, 0.1) is 0 Å². The zero-order chi connectivity index (χ0) is 15.4. The number of hydrogen-bond acceptors (Lipinski definition) is 1. The summed E-state index contributed by atoms with van der Waals surface area (Å²) in [5, 5.41) is 3.89. The smallest absolute Gasteiger partial charge is 0.129 e. The van der Waals surface area contributed by atoms with Crippen molar-refractivity contribution in [3.8, 4) is 0 Å². The molecule has 1 unspecified atom stereocenters. The van der Waals surface area contributed by atoms with Crippen LogP contribution in [-0.2, 0) is 13.0 Å². The van der Waals surface area contributed by atoms with Gasteiger partial charge >= 0.3 is 0 Å². The van der Waals surface area contributed by atoms with E-state index in [1.807, 2.05) is 25.1 Å². The lowest BCUT2D eigenvalue weighted by atomic mass is 10.1. The lowest BCUT2D eigenvalue weighted by molar-refractivity contribution is 0.499. The van der Waals surface area contributed by atoms with Gasteiger partial charge in [-0.05, 0) is 49.2 Å². The van der Waals surface area contributed by atoms with Crippen LogP contribution in [0, 0.1) is 11.6 Å². The third kappa shape index (κ3) is 4.50. The Bertz CT molecular complexity index is 613. The van der Waals surface area contributed by atoms with Crippen LogP contribution in [0.2, 0.25) is 5.02 Å². The molecule has 1 atom stereocenters. The van der Waals surface area contributed by atoms with E-state index in [0.717, 1.165) is 10.0 Å². The minimum atomic E-state index is -0.510. The van der Waals surface area contributed by atoms with Crippen molar-refractivity contribution in [2.24, 2.45) is 0 Å². The Labute approximate surface area is 136 Å². The van der Waals surface area contributed by atoms with Gasteiger partial charge in [0.15, 0.2) is 0 Å². The van der Waals surface area contributed by atoms with Gasteiger partial charge in [-0.25, -0.2) is 8.78 Å². The molecule has 0 saturated heterocycles. The van der Waals surface area contributed by atoms with Crippen LogP contribution in [-0.4, -0.2) is 6.04 Å².